The molecule has 0 saturated heterocycles. The minimum Gasteiger partial charge on any atom is -0.741 e. The number of rotatable bonds is 6. The summed E-state index contributed by atoms with van der Waals surface area (Å²) < 4.78 is 118. The molecule has 0 N–H and O–H groups in total. The van der Waals surface area contributed by atoms with E-state index in [4.69, 9.17) is 66.6 Å². The first-order valence-electron chi connectivity index (χ1n) is 16.0. The topological polar surface area (TPSA) is 250 Å². The van der Waals surface area contributed by atoms with Crippen LogP contribution in [0, 0.1) is 34.0 Å². The quantitative estimate of drug-likeness (QED) is 0.0939. The van der Waals surface area contributed by atoms with Crippen LogP contribution in [0.15, 0.2) is 116 Å². The van der Waals surface area contributed by atoms with Crippen LogP contribution in [0.1, 0.15) is 68.8 Å². The molecule has 0 spiro atoms. The molecular formula is C37H34CoF6N8O6S2. The first kappa shape index (κ1) is 56.2. The van der Waals surface area contributed by atoms with Gasteiger partial charge < -0.3 is 9.11 Å². The zero-order valence-corrected chi connectivity index (χ0v) is 34.6. The molecular weight excluding hydrogens is 890 g/mol. The Balaban J connectivity index is 0. The van der Waals surface area contributed by atoms with Crippen LogP contribution in [0.4, 0.5) is 26.3 Å². The normalized spacial score (nSPS) is 10.8. The van der Waals surface area contributed by atoms with Gasteiger partial charge in [0.2, 0.25) is 0 Å². The first-order chi connectivity index (χ1) is 27.4. The molecule has 0 unspecified atom stereocenters. The summed E-state index contributed by atoms with van der Waals surface area (Å²) in [5.74, 6) is 0. The minimum absolute atomic E-state index is 0. The van der Waals surface area contributed by atoms with Crippen molar-refractivity contribution in [3.63, 3.8) is 0 Å². The number of nitrogens with zero attached hydrogens (tertiary/aromatic N) is 8. The summed E-state index contributed by atoms with van der Waals surface area (Å²) in [6.45, 7) is 8.55. The Morgan fingerprint density at radius 3 is 0.800 bits per heavy atom. The average molecular weight is 924 g/mol. The number of alkyl halides is 6. The van der Waals surface area contributed by atoms with Crippen molar-refractivity contribution in [1.82, 2.24) is 24.9 Å². The number of nitriles is 3. The molecule has 0 aromatic carbocycles. The summed E-state index contributed by atoms with van der Waals surface area (Å²) in [5, 5.41) is 22.0. The maximum absolute atomic E-state index is 10.7. The van der Waals surface area contributed by atoms with E-state index in [2.05, 4.69) is 13.8 Å². The summed E-state index contributed by atoms with van der Waals surface area (Å²) in [4.78, 5) is 24.1. The van der Waals surface area contributed by atoms with Crippen LogP contribution in [0.3, 0.4) is 0 Å². The fourth-order valence-corrected chi connectivity index (χ4v) is 4.41. The van der Waals surface area contributed by atoms with Crippen LogP contribution in [0.25, 0.3) is 0 Å². The van der Waals surface area contributed by atoms with Crippen molar-refractivity contribution in [3.05, 3.63) is 150 Å². The van der Waals surface area contributed by atoms with E-state index in [1.54, 1.807) is 18.2 Å². The van der Waals surface area contributed by atoms with Gasteiger partial charge in [-0.3, -0.25) is 24.9 Å². The van der Waals surface area contributed by atoms with Gasteiger partial charge in [-0.15, -0.1) is 0 Å². The number of pyridine rings is 5. The summed E-state index contributed by atoms with van der Waals surface area (Å²) in [5.41, 5.74) is -7.32. The molecule has 0 aliphatic rings. The molecule has 0 saturated carbocycles. The summed E-state index contributed by atoms with van der Waals surface area (Å²) in [6, 6.07) is 35.2. The van der Waals surface area contributed by atoms with Crippen molar-refractivity contribution in [1.29, 1.82) is 15.8 Å². The molecule has 0 bridgehead atoms. The van der Waals surface area contributed by atoms with Gasteiger partial charge in [-0.2, -0.15) is 42.1 Å². The van der Waals surface area contributed by atoms with Gasteiger partial charge in [0.1, 0.15) is 0 Å². The third kappa shape index (κ3) is 16.8. The van der Waals surface area contributed by atoms with E-state index in [1.807, 2.05) is 116 Å². The number of aromatic nitrogens is 5. The Labute approximate surface area is 353 Å². The van der Waals surface area contributed by atoms with Gasteiger partial charge in [0.15, 0.2) is 20.2 Å². The molecule has 14 nitrogen and oxygen atoms in total. The molecule has 0 fully saturated rings. The standard InChI is InChI=1S/C29H25N5.3C2H3N.2CHF3O3S.Co/c1-28(22-12-3-7-18-30-22,23-13-4-8-19-31-23)26-16-11-17-27(34-26)29(2,24-14-5-9-20-32-24)25-15-6-10-21-33-25;3*1-2-3;2*2-1(3,4)8(5,6)7;/h3-21H,1-2H3;3*1H3;2*(H,5,6,7);/q;;;;;;+2/p-2. The van der Waals surface area contributed by atoms with E-state index < -0.39 is 42.1 Å². The van der Waals surface area contributed by atoms with Crippen molar-refractivity contribution in [3.8, 4) is 18.2 Å². The van der Waals surface area contributed by atoms with Crippen molar-refractivity contribution in [2.24, 2.45) is 0 Å². The molecule has 0 atom stereocenters. The molecule has 1 radical (unpaired) electrons. The van der Waals surface area contributed by atoms with Crippen molar-refractivity contribution in [2.75, 3.05) is 0 Å². The Bertz CT molecular complexity index is 2110. The molecule has 5 rings (SSSR count). The smallest absolute Gasteiger partial charge is 0.741 e. The van der Waals surface area contributed by atoms with Crippen LogP contribution < -0.4 is 0 Å². The Morgan fingerprint density at radius 2 is 0.650 bits per heavy atom. The minimum atomic E-state index is -6.09. The van der Waals surface area contributed by atoms with E-state index in [9.17, 15) is 26.3 Å². The van der Waals surface area contributed by atoms with E-state index >= 15 is 0 Å². The van der Waals surface area contributed by atoms with Gasteiger partial charge in [0, 0.05) is 45.6 Å². The second-order valence-electron chi connectivity index (χ2n) is 11.0. The van der Waals surface area contributed by atoms with E-state index in [0.29, 0.717) is 0 Å². The fraction of sp³-hybridized carbons (Fsp3) is 0.243. The second-order valence-corrected chi connectivity index (χ2v) is 13.7. The van der Waals surface area contributed by atoms with Gasteiger partial charge in [0.25, 0.3) is 0 Å². The monoisotopic (exact) mass is 923 g/mol. The second kappa shape index (κ2) is 25.6. The molecule has 0 amide bonds. The Morgan fingerprint density at radius 1 is 0.467 bits per heavy atom. The number of hydrogen-bond acceptors (Lipinski definition) is 14. The van der Waals surface area contributed by atoms with Crippen LogP contribution in [0.2, 0.25) is 0 Å². The van der Waals surface area contributed by atoms with Gasteiger partial charge in [0.05, 0.1) is 63.2 Å². The maximum atomic E-state index is 10.7. The zero-order valence-electron chi connectivity index (χ0n) is 31.9. The number of halogens is 6. The molecule has 23 heteroatoms. The van der Waals surface area contributed by atoms with Crippen LogP contribution >= 0.6 is 0 Å². The predicted molar refractivity (Wildman–Crippen MR) is 198 cm³/mol. The zero-order chi connectivity index (χ0) is 45.6. The third-order valence-corrected chi connectivity index (χ3v) is 8.18. The molecule has 5 aromatic heterocycles. The molecule has 321 valence electrons. The van der Waals surface area contributed by atoms with Gasteiger partial charge >= 0.3 is 27.8 Å². The molecule has 60 heavy (non-hydrogen) atoms. The van der Waals surface area contributed by atoms with Crippen molar-refractivity contribution < 1.29 is 69.1 Å². The van der Waals surface area contributed by atoms with Crippen LogP contribution in [0.5, 0.6) is 0 Å². The van der Waals surface area contributed by atoms with Gasteiger partial charge in [-0.25, -0.2) is 16.8 Å². The third-order valence-electron chi connectivity index (χ3n) is 7.05. The van der Waals surface area contributed by atoms with Crippen molar-refractivity contribution >= 4 is 20.2 Å². The molecule has 0 aliphatic heterocycles. The maximum Gasteiger partial charge on any atom is 2.00 e. The van der Waals surface area contributed by atoms with E-state index in [1.165, 1.54) is 20.8 Å². The molecule has 0 aliphatic carbocycles. The van der Waals surface area contributed by atoms with E-state index in [0.717, 1.165) is 34.2 Å². The predicted octanol–water partition coefficient (Wildman–Crippen LogP) is 7.06. The SMILES string of the molecule is CC#N.CC#N.CC#N.CC(c1ccccn1)(c1ccccn1)c1cccc(C(C)(c2ccccn2)c2ccccn2)n1.O=S(=O)([O-])C(F)(F)F.O=S(=O)([O-])C(F)(F)F.[Co+2]. The fourth-order valence-electron chi connectivity index (χ4n) is 4.41. The number of hydrogen-bond donors (Lipinski definition) is 0. The van der Waals surface area contributed by atoms with Crippen molar-refractivity contribution in [2.45, 2.75) is 56.5 Å². The van der Waals surface area contributed by atoms with Gasteiger partial charge in [-0.05, 0) is 74.5 Å². The average Bonchev–Trinajstić information content (AvgIpc) is 3.18. The summed E-state index contributed by atoms with van der Waals surface area (Å²) in [7, 11) is -12.2. The Kier molecular flexibility index (Phi) is 24.0. The van der Waals surface area contributed by atoms with Crippen LogP contribution in [-0.4, -0.2) is 61.9 Å². The summed E-state index contributed by atoms with van der Waals surface area (Å²) >= 11 is 0. The largest absolute Gasteiger partial charge is 2.00 e. The molecule has 5 aromatic rings. The molecule has 5 heterocycles. The summed E-state index contributed by atoms with van der Waals surface area (Å²) in [6.07, 6.45) is 7.25. The first-order valence-corrected chi connectivity index (χ1v) is 18.8. The van der Waals surface area contributed by atoms with E-state index in [-0.39, 0.29) is 16.8 Å². The van der Waals surface area contributed by atoms with Gasteiger partial charge in [-0.1, -0.05) is 30.3 Å². The van der Waals surface area contributed by atoms with Crippen LogP contribution in [-0.2, 0) is 47.8 Å². The Hall–Kier alpha value is -5.87.